The lowest BCUT2D eigenvalue weighted by Crippen LogP contribution is -2.22. The van der Waals surface area contributed by atoms with Gasteiger partial charge in [0.1, 0.15) is 0 Å². The van der Waals surface area contributed by atoms with E-state index in [0.29, 0.717) is 0 Å². The van der Waals surface area contributed by atoms with Crippen LogP contribution >= 0.6 is 0 Å². The molecule has 0 amide bonds. The van der Waals surface area contributed by atoms with Crippen molar-refractivity contribution in [3.8, 4) is 0 Å². The van der Waals surface area contributed by atoms with Gasteiger partial charge in [-0.15, -0.1) is 0 Å². The van der Waals surface area contributed by atoms with Gasteiger partial charge in [-0.3, -0.25) is 5.26 Å². The molecule has 98 valence electrons. The van der Waals surface area contributed by atoms with E-state index in [9.17, 15) is 0 Å². The van der Waals surface area contributed by atoms with E-state index in [4.69, 9.17) is 5.26 Å². The fraction of sp³-hybridized carbons (Fsp3) is 1.00. The fourth-order valence-electron chi connectivity index (χ4n) is 1.91. The molecule has 0 aliphatic rings. The van der Waals surface area contributed by atoms with E-state index < -0.39 is 0 Å². The summed E-state index contributed by atoms with van der Waals surface area (Å²) < 4.78 is 0. The highest BCUT2D eigenvalue weighted by molar-refractivity contribution is 4.65. The fourth-order valence-corrected chi connectivity index (χ4v) is 1.91. The Kier molecular flexibility index (Phi) is 10.0. The first-order valence-corrected chi connectivity index (χ1v) is 6.95. The first-order chi connectivity index (χ1) is 7.62. The van der Waals surface area contributed by atoms with E-state index in [0.717, 1.165) is 12.8 Å². The molecule has 16 heavy (non-hydrogen) atoms. The van der Waals surface area contributed by atoms with Gasteiger partial charge in [0.05, 0.1) is 5.60 Å². The number of unbranched alkanes of at least 4 members (excludes halogenated alkanes) is 8. The van der Waals surface area contributed by atoms with Crippen molar-refractivity contribution >= 4 is 0 Å². The van der Waals surface area contributed by atoms with Crippen LogP contribution in [0.5, 0.6) is 0 Å². The molecule has 0 radical (unpaired) electrons. The van der Waals surface area contributed by atoms with E-state index in [-0.39, 0.29) is 5.60 Å². The van der Waals surface area contributed by atoms with Crippen LogP contribution in [0.1, 0.15) is 85.0 Å². The van der Waals surface area contributed by atoms with Gasteiger partial charge in [0.25, 0.3) is 0 Å². The van der Waals surface area contributed by atoms with Crippen molar-refractivity contribution in [3.63, 3.8) is 0 Å². The monoisotopic (exact) mass is 230 g/mol. The second-order valence-electron chi connectivity index (χ2n) is 5.43. The molecule has 2 heteroatoms. The highest BCUT2D eigenvalue weighted by Gasteiger charge is 2.17. The van der Waals surface area contributed by atoms with Crippen molar-refractivity contribution in [2.24, 2.45) is 0 Å². The molecular formula is C14H30O2. The van der Waals surface area contributed by atoms with Gasteiger partial charge >= 0.3 is 0 Å². The van der Waals surface area contributed by atoms with Crippen LogP contribution in [0, 0.1) is 0 Å². The Labute approximate surface area is 101 Å². The molecule has 1 N–H and O–H groups in total. The van der Waals surface area contributed by atoms with Crippen LogP contribution in [0.2, 0.25) is 0 Å². The molecule has 2 nitrogen and oxygen atoms in total. The molecule has 0 saturated carbocycles. The molecule has 0 heterocycles. The van der Waals surface area contributed by atoms with Crippen molar-refractivity contribution in [3.05, 3.63) is 0 Å². The summed E-state index contributed by atoms with van der Waals surface area (Å²) in [6, 6.07) is 0. The van der Waals surface area contributed by atoms with E-state index in [2.05, 4.69) is 11.8 Å². The van der Waals surface area contributed by atoms with Crippen LogP contribution in [-0.4, -0.2) is 10.9 Å². The zero-order valence-electron chi connectivity index (χ0n) is 11.4. The summed E-state index contributed by atoms with van der Waals surface area (Å²) in [5.41, 5.74) is -0.360. The van der Waals surface area contributed by atoms with E-state index in [1.165, 1.54) is 51.4 Å². The van der Waals surface area contributed by atoms with Gasteiger partial charge in [-0.25, -0.2) is 4.89 Å². The first-order valence-electron chi connectivity index (χ1n) is 6.95. The highest BCUT2D eigenvalue weighted by Crippen LogP contribution is 2.18. The Morgan fingerprint density at radius 3 is 1.69 bits per heavy atom. The van der Waals surface area contributed by atoms with Gasteiger partial charge in [0, 0.05) is 0 Å². The van der Waals surface area contributed by atoms with Crippen LogP contribution in [0.4, 0.5) is 0 Å². The number of hydrogen-bond acceptors (Lipinski definition) is 2. The quantitative estimate of drug-likeness (QED) is 0.301. The highest BCUT2D eigenvalue weighted by atomic mass is 17.1. The summed E-state index contributed by atoms with van der Waals surface area (Å²) in [7, 11) is 0. The topological polar surface area (TPSA) is 29.5 Å². The predicted octanol–water partition coefficient (Wildman–Crippen LogP) is 5.18. The van der Waals surface area contributed by atoms with Gasteiger partial charge < -0.3 is 0 Å². The Balaban J connectivity index is 3.10. The maximum absolute atomic E-state index is 8.62. The van der Waals surface area contributed by atoms with Gasteiger partial charge in [-0.05, 0) is 20.3 Å². The molecule has 0 bridgehead atoms. The molecule has 0 aliphatic carbocycles. The Morgan fingerprint density at radius 1 is 0.812 bits per heavy atom. The summed E-state index contributed by atoms with van der Waals surface area (Å²) >= 11 is 0. The average Bonchev–Trinajstić information content (AvgIpc) is 2.27. The zero-order chi connectivity index (χ0) is 12.3. The third kappa shape index (κ3) is 10.4. The molecule has 0 aromatic carbocycles. The third-order valence-corrected chi connectivity index (χ3v) is 3.13. The molecule has 0 aromatic rings. The van der Waals surface area contributed by atoms with E-state index >= 15 is 0 Å². The standard InChI is InChI=1S/C14H30O2/c1-4-5-6-7-8-9-10-11-12-13-14(2,3)16-15/h15H,4-13H2,1-3H3. The summed E-state index contributed by atoms with van der Waals surface area (Å²) in [5.74, 6) is 0. The molecule has 0 unspecified atom stereocenters. The number of hydrogen-bond donors (Lipinski definition) is 1. The molecule has 0 spiro atoms. The molecule has 0 fully saturated rings. The first kappa shape index (κ1) is 15.9. The minimum atomic E-state index is -0.360. The molecule has 0 saturated heterocycles. The molecule has 0 atom stereocenters. The van der Waals surface area contributed by atoms with Crippen LogP contribution in [0.3, 0.4) is 0 Å². The SMILES string of the molecule is CCCCCCCCCCCC(C)(C)OO. The van der Waals surface area contributed by atoms with Crippen molar-refractivity contribution in [1.82, 2.24) is 0 Å². The normalized spacial score (nSPS) is 12.0. The zero-order valence-corrected chi connectivity index (χ0v) is 11.4. The lowest BCUT2D eigenvalue weighted by molar-refractivity contribution is -0.314. The maximum atomic E-state index is 8.62. The van der Waals surface area contributed by atoms with Crippen LogP contribution < -0.4 is 0 Å². The van der Waals surface area contributed by atoms with Gasteiger partial charge in [-0.2, -0.15) is 0 Å². The second kappa shape index (κ2) is 10.1. The van der Waals surface area contributed by atoms with Crippen molar-refractivity contribution in [1.29, 1.82) is 0 Å². The lowest BCUT2D eigenvalue weighted by Gasteiger charge is -2.19. The molecule has 0 aromatic heterocycles. The minimum absolute atomic E-state index is 0.360. The maximum Gasteiger partial charge on any atom is 0.0977 e. The third-order valence-electron chi connectivity index (χ3n) is 3.13. The average molecular weight is 230 g/mol. The summed E-state index contributed by atoms with van der Waals surface area (Å²) in [4.78, 5) is 4.41. The predicted molar refractivity (Wildman–Crippen MR) is 69.6 cm³/mol. The molecule has 0 rings (SSSR count). The van der Waals surface area contributed by atoms with Gasteiger partial charge in [0.15, 0.2) is 0 Å². The summed E-state index contributed by atoms with van der Waals surface area (Å²) in [5, 5.41) is 8.62. The Morgan fingerprint density at radius 2 is 1.25 bits per heavy atom. The molecular weight excluding hydrogens is 200 g/mol. The van der Waals surface area contributed by atoms with Gasteiger partial charge in [-0.1, -0.05) is 64.7 Å². The Bertz CT molecular complexity index is 144. The summed E-state index contributed by atoms with van der Waals surface area (Å²) in [6.45, 7) is 6.11. The van der Waals surface area contributed by atoms with Crippen molar-refractivity contribution < 1.29 is 10.1 Å². The molecule has 0 aliphatic heterocycles. The Hall–Kier alpha value is -0.0800. The van der Waals surface area contributed by atoms with Crippen LogP contribution in [-0.2, 0) is 4.89 Å². The smallest absolute Gasteiger partial charge is 0.0977 e. The van der Waals surface area contributed by atoms with Crippen molar-refractivity contribution in [2.75, 3.05) is 0 Å². The van der Waals surface area contributed by atoms with Crippen LogP contribution in [0.25, 0.3) is 0 Å². The van der Waals surface area contributed by atoms with E-state index in [1.54, 1.807) is 0 Å². The number of rotatable bonds is 11. The van der Waals surface area contributed by atoms with Crippen LogP contribution in [0.15, 0.2) is 0 Å². The van der Waals surface area contributed by atoms with Gasteiger partial charge in [0.2, 0.25) is 0 Å². The van der Waals surface area contributed by atoms with E-state index in [1.807, 2.05) is 13.8 Å². The second-order valence-corrected chi connectivity index (χ2v) is 5.43. The minimum Gasteiger partial charge on any atom is -0.251 e. The van der Waals surface area contributed by atoms with Crippen molar-refractivity contribution in [2.45, 2.75) is 90.6 Å². The lowest BCUT2D eigenvalue weighted by atomic mass is 9.99. The largest absolute Gasteiger partial charge is 0.251 e. The summed E-state index contributed by atoms with van der Waals surface area (Å²) in [6.07, 6.45) is 13.0.